The van der Waals surface area contributed by atoms with E-state index in [0.29, 0.717) is 25.9 Å². The molecule has 30 heavy (non-hydrogen) atoms. The highest BCUT2D eigenvalue weighted by Gasteiger charge is 2.34. The largest absolute Gasteiger partial charge is 0.416 e. The zero-order valence-corrected chi connectivity index (χ0v) is 17.3. The van der Waals surface area contributed by atoms with E-state index in [0.717, 1.165) is 31.7 Å². The van der Waals surface area contributed by atoms with Gasteiger partial charge in [0.2, 0.25) is 11.8 Å². The van der Waals surface area contributed by atoms with Gasteiger partial charge in [-0.2, -0.15) is 13.2 Å². The minimum atomic E-state index is -4.45. The molecule has 3 N–H and O–H groups in total. The molecule has 5 nitrogen and oxygen atoms in total. The van der Waals surface area contributed by atoms with Gasteiger partial charge in [-0.1, -0.05) is 18.9 Å². The second-order valence-electron chi connectivity index (χ2n) is 8.60. The maximum absolute atomic E-state index is 13.0. The number of benzene rings is 1. The number of nitrogens with zero attached hydrogens (tertiary/aromatic N) is 1. The van der Waals surface area contributed by atoms with Crippen molar-refractivity contribution in [2.45, 2.75) is 64.1 Å². The molecular formula is C22H30F3N3O2. The standard InChI is InChI=1S/C22H30F3N3O2/c1-14-6-7-16(13-18(14)22(23,24)25)27-20(29)12-15-8-10-28(11-9-15)21(30)17-4-2-3-5-19(17)26/h6-7,13,15,17,19H,2-5,8-12,26H2,1H3,(H,27,29)/t17-,19-/m0/s1. The van der Waals surface area contributed by atoms with E-state index >= 15 is 0 Å². The lowest BCUT2D eigenvalue weighted by atomic mass is 9.83. The first-order chi connectivity index (χ1) is 14.1. The molecule has 1 aliphatic heterocycles. The van der Waals surface area contributed by atoms with Gasteiger partial charge in [-0.05, 0) is 56.2 Å². The van der Waals surface area contributed by atoms with E-state index < -0.39 is 11.7 Å². The highest BCUT2D eigenvalue weighted by atomic mass is 19.4. The van der Waals surface area contributed by atoms with Gasteiger partial charge in [-0.25, -0.2) is 0 Å². The van der Waals surface area contributed by atoms with Crippen molar-refractivity contribution in [3.05, 3.63) is 29.3 Å². The highest BCUT2D eigenvalue weighted by Crippen LogP contribution is 2.34. The predicted octanol–water partition coefficient (Wildman–Crippen LogP) is 4.10. The van der Waals surface area contributed by atoms with Crippen LogP contribution in [0.2, 0.25) is 0 Å². The van der Waals surface area contributed by atoms with Gasteiger partial charge in [0, 0.05) is 31.2 Å². The minimum Gasteiger partial charge on any atom is -0.342 e. The number of aryl methyl sites for hydroxylation is 1. The number of piperidine rings is 1. The first-order valence-corrected chi connectivity index (χ1v) is 10.7. The molecule has 0 radical (unpaired) electrons. The molecule has 2 amide bonds. The molecule has 1 saturated carbocycles. The summed E-state index contributed by atoms with van der Waals surface area (Å²) in [6.07, 6.45) is 1.06. The zero-order chi connectivity index (χ0) is 21.9. The summed E-state index contributed by atoms with van der Waals surface area (Å²) in [7, 11) is 0. The van der Waals surface area contributed by atoms with Crippen LogP contribution >= 0.6 is 0 Å². The Labute approximate surface area is 175 Å². The Morgan fingerprint density at radius 3 is 2.43 bits per heavy atom. The monoisotopic (exact) mass is 425 g/mol. The fourth-order valence-corrected chi connectivity index (χ4v) is 4.54. The smallest absolute Gasteiger partial charge is 0.342 e. The molecular weight excluding hydrogens is 395 g/mol. The van der Waals surface area contributed by atoms with Crippen LogP contribution in [-0.4, -0.2) is 35.8 Å². The minimum absolute atomic E-state index is 0.0640. The Balaban J connectivity index is 1.49. The summed E-state index contributed by atoms with van der Waals surface area (Å²) in [6, 6.07) is 3.75. The summed E-state index contributed by atoms with van der Waals surface area (Å²) in [5.74, 6) is -0.153. The molecule has 0 unspecified atom stereocenters. The summed E-state index contributed by atoms with van der Waals surface area (Å²) in [6.45, 7) is 2.59. The van der Waals surface area contributed by atoms with Gasteiger partial charge >= 0.3 is 6.18 Å². The van der Waals surface area contributed by atoms with Crippen molar-refractivity contribution in [3.8, 4) is 0 Å². The number of nitrogens with one attached hydrogen (secondary N) is 1. The number of alkyl halides is 3. The van der Waals surface area contributed by atoms with Crippen molar-refractivity contribution in [2.24, 2.45) is 17.6 Å². The van der Waals surface area contributed by atoms with Crippen LogP contribution in [0.5, 0.6) is 0 Å². The Morgan fingerprint density at radius 2 is 1.80 bits per heavy atom. The van der Waals surface area contributed by atoms with Crippen LogP contribution < -0.4 is 11.1 Å². The average Bonchev–Trinajstić information content (AvgIpc) is 2.69. The summed E-state index contributed by atoms with van der Waals surface area (Å²) in [4.78, 5) is 27.0. The van der Waals surface area contributed by atoms with Gasteiger partial charge < -0.3 is 16.0 Å². The second kappa shape index (κ2) is 9.37. The van der Waals surface area contributed by atoms with E-state index in [9.17, 15) is 22.8 Å². The number of hydrogen-bond donors (Lipinski definition) is 2. The van der Waals surface area contributed by atoms with Gasteiger partial charge in [0.05, 0.1) is 11.5 Å². The summed E-state index contributed by atoms with van der Waals surface area (Å²) in [5, 5.41) is 2.58. The lowest BCUT2D eigenvalue weighted by molar-refractivity contribution is -0.139. The van der Waals surface area contributed by atoms with E-state index in [1.165, 1.54) is 19.1 Å². The van der Waals surface area contributed by atoms with E-state index in [1.807, 2.05) is 4.90 Å². The number of amides is 2. The predicted molar refractivity (Wildman–Crippen MR) is 109 cm³/mol. The number of likely N-dealkylation sites (tertiary alicyclic amines) is 1. The lowest BCUT2D eigenvalue weighted by Crippen LogP contribution is -2.48. The fraction of sp³-hybridized carbons (Fsp3) is 0.636. The molecule has 2 fully saturated rings. The SMILES string of the molecule is Cc1ccc(NC(=O)CC2CCN(C(=O)[C@H]3CCCC[C@@H]3N)CC2)cc1C(F)(F)F. The molecule has 1 aromatic rings. The lowest BCUT2D eigenvalue weighted by Gasteiger charge is -2.37. The Hall–Kier alpha value is -2.09. The van der Waals surface area contributed by atoms with E-state index in [-0.39, 0.29) is 47.4 Å². The van der Waals surface area contributed by atoms with Crippen molar-refractivity contribution < 1.29 is 22.8 Å². The van der Waals surface area contributed by atoms with E-state index in [2.05, 4.69) is 5.32 Å². The molecule has 1 aliphatic carbocycles. The van der Waals surface area contributed by atoms with Gasteiger partial charge in [-0.15, -0.1) is 0 Å². The number of rotatable bonds is 4. The average molecular weight is 425 g/mol. The molecule has 166 valence electrons. The molecule has 3 rings (SSSR count). The molecule has 1 aromatic carbocycles. The third kappa shape index (κ3) is 5.53. The van der Waals surface area contributed by atoms with E-state index in [4.69, 9.17) is 5.73 Å². The molecule has 0 bridgehead atoms. The zero-order valence-electron chi connectivity index (χ0n) is 17.3. The van der Waals surface area contributed by atoms with Gasteiger partial charge in [0.15, 0.2) is 0 Å². The van der Waals surface area contributed by atoms with Crippen LogP contribution in [0, 0.1) is 18.8 Å². The Bertz CT molecular complexity index is 773. The van der Waals surface area contributed by atoms with Crippen LogP contribution in [0.4, 0.5) is 18.9 Å². The Morgan fingerprint density at radius 1 is 1.13 bits per heavy atom. The fourth-order valence-electron chi connectivity index (χ4n) is 4.54. The van der Waals surface area contributed by atoms with Crippen LogP contribution in [0.25, 0.3) is 0 Å². The number of anilines is 1. The maximum Gasteiger partial charge on any atom is 0.416 e. The molecule has 2 aliphatic rings. The number of carbonyl (C=O) groups is 2. The summed E-state index contributed by atoms with van der Waals surface area (Å²) in [5.41, 5.74) is 5.66. The Kier molecular flexibility index (Phi) is 7.06. The van der Waals surface area contributed by atoms with Gasteiger partial charge in [-0.3, -0.25) is 9.59 Å². The molecule has 2 atom stereocenters. The van der Waals surface area contributed by atoms with Crippen LogP contribution in [0.15, 0.2) is 18.2 Å². The van der Waals surface area contributed by atoms with Crippen LogP contribution in [0.3, 0.4) is 0 Å². The second-order valence-corrected chi connectivity index (χ2v) is 8.60. The van der Waals surface area contributed by atoms with Gasteiger partial charge in [0.1, 0.15) is 0 Å². The summed E-state index contributed by atoms with van der Waals surface area (Å²) >= 11 is 0. The number of hydrogen-bond acceptors (Lipinski definition) is 3. The van der Waals surface area contributed by atoms with Crippen LogP contribution in [0.1, 0.15) is 56.1 Å². The van der Waals surface area contributed by atoms with Crippen molar-refractivity contribution in [2.75, 3.05) is 18.4 Å². The number of halogens is 3. The van der Waals surface area contributed by atoms with E-state index in [1.54, 1.807) is 0 Å². The van der Waals surface area contributed by atoms with Crippen LogP contribution in [-0.2, 0) is 15.8 Å². The van der Waals surface area contributed by atoms with Crippen molar-refractivity contribution >= 4 is 17.5 Å². The first kappa shape index (κ1) is 22.6. The quantitative estimate of drug-likeness (QED) is 0.763. The molecule has 1 saturated heterocycles. The highest BCUT2D eigenvalue weighted by molar-refractivity contribution is 5.91. The van der Waals surface area contributed by atoms with Gasteiger partial charge in [0.25, 0.3) is 0 Å². The number of carbonyl (C=O) groups excluding carboxylic acids is 2. The number of nitrogens with two attached hydrogens (primary N) is 1. The maximum atomic E-state index is 13.0. The molecule has 0 spiro atoms. The summed E-state index contributed by atoms with van der Waals surface area (Å²) < 4.78 is 39.1. The normalized spacial score (nSPS) is 23.3. The first-order valence-electron chi connectivity index (χ1n) is 10.7. The topological polar surface area (TPSA) is 75.4 Å². The molecule has 0 aromatic heterocycles. The molecule has 1 heterocycles. The third-order valence-corrected chi connectivity index (χ3v) is 6.36. The molecule has 8 heteroatoms. The third-order valence-electron chi connectivity index (χ3n) is 6.36. The van der Waals surface area contributed by atoms with Crippen molar-refractivity contribution in [1.29, 1.82) is 0 Å². The van der Waals surface area contributed by atoms with Crippen molar-refractivity contribution in [3.63, 3.8) is 0 Å². The van der Waals surface area contributed by atoms with Crippen molar-refractivity contribution in [1.82, 2.24) is 4.90 Å².